The minimum Gasteiger partial charge on any atom is -0.307 e. The first-order valence-corrected chi connectivity index (χ1v) is 18.0. The third-order valence-corrected chi connectivity index (χ3v) is 14.2. The number of nitriles is 2. The van der Waals surface area contributed by atoms with E-state index in [0.29, 0.717) is 11.1 Å². The zero-order valence-electron chi connectivity index (χ0n) is 26.1. The summed E-state index contributed by atoms with van der Waals surface area (Å²) >= 11 is 0. The van der Waals surface area contributed by atoms with E-state index in [1.165, 1.54) is 15.6 Å². The summed E-state index contributed by atoms with van der Waals surface area (Å²) in [5.41, 5.74) is 5.56. The second-order valence-corrected chi connectivity index (χ2v) is 15.7. The average Bonchev–Trinajstić information content (AvgIpc) is 3.50. The van der Waals surface area contributed by atoms with Crippen molar-refractivity contribution >= 4 is 50.6 Å². The average molecular weight is 628 g/mol. The number of benzene rings is 7. The first-order chi connectivity index (χ1) is 23.8. The molecule has 0 saturated heterocycles. The van der Waals surface area contributed by atoms with E-state index in [1.54, 1.807) is 0 Å². The lowest BCUT2D eigenvalue weighted by molar-refractivity contribution is 1.17. The van der Waals surface area contributed by atoms with Gasteiger partial charge in [0.05, 0.1) is 33.9 Å². The normalized spacial score (nSPS) is 11.3. The van der Waals surface area contributed by atoms with Gasteiger partial charge in [-0.3, -0.25) is 0 Å². The second-order valence-electron chi connectivity index (χ2n) is 11.9. The molecule has 0 N–H and O–H groups in total. The van der Waals surface area contributed by atoms with Gasteiger partial charge in [0.1, 0.15) is 6.07 Å². The molecular weight excluding hydrogens is 599 g/mol. The van der Waals surface area contributed by atoms with Crippen molar-refractivity contribution in [2.45, 2.75) is 0 Å². The molecule has 7 aromatic carbocycles. The highest BCUT2D eigenvalue weighted by Gasteiger charge is 2.41. The predicted octanol–water partition coefficient (Wildman–Crippen LogP) is 7.57. The summed E-state index contributed by atoms with van der Waals surface area (Å²) in [4.78, 5) is 0. The Balaban J connectivity index is 1.49. The number of fused-ring (bicyclic) bond motifs is 3. The standard InChI is InChI=1S/C44H29N3Si/c45-30-32-27-28-37(48(34-16-4-1-5-17-34,35-18-6-2-7-19-35)36-20-8-3-9-21-36)29-41(32)40-24-14-15-33(31-46)44(40)47-42-25-12-10-22-38(42)39-23-11-13-26-43(39)47/h1-29H. The third kappa shape index (κ3) is 4.48. The number of rotatable bonds is 6. The first-order valence-electron chi connectivity index (χ1n) is 16.0. The fraction of sp³-hybridized carbons (Fsp3) is 0. The summed E-state index contributed by atoms with van der Waals surface area (Å²) < 4.78 is 2.20. The molecule has 0 aliphatic heterocycles. The van der Waals surface area contributed by atoms with Crippen LogP contribution in [0, 0.1) is 22.7 Å². The lowest BCUT2D eigenvalue weighted by Gasteiger charge is -2.35. The van der Waals surface area contributed by atoms with Gasteiger partial charge in [0.15, 0.2) is 8.07 Å². The van der Waals surface area contributed by atoms with Gasteiger partial charge in [-0.15, -0.1) is 0 Å². The van der Waals surface area contributed by atoms with Crippen LogP contribution in [0.4, 0.5) is 0 Å². The monoisotopic (exact) mass is 627 g/mol. The molecule has 1 heterocycles. The molecule has 0 unspecified atom stereocenters. The molecule has 0 spiro atoms. The summed E-state index contributed by atoms with van der Waals surface area (Å²) in [6.07, 6.45) is 0. The summed E-state index contributed by atoms with van der Waals surface area (Å²) in [7, 11) is -2.87. The SMILES string of the molecule is N#Cc1ccc([Si](c2ccccc2)(c2ccccc2)c2ccccc2)cc1-c1cccc(C#N)c1-n1c2ccccc2c2ccccc21. The van der Waals surface area contributed by atoms with Crippen LogP contribution in [0.5, 0.6) is 0 Å². The van der Waals surface area contributed by atoms with Gasteiger partial charge in [0.2, 0.25) is 0 Å². The van der Waals surface area contributed by atoms with Gasteiger partial charge in [0, 0.05) is 21.9 Å². The van der Waals surface area contributed by atoms with E-state index in [9.17, 15) is 10.5 Å². The van der Waals surface area contributed by atoms with E-state index in [-0.39, 0.29) is 0 Å². The maximum atomic E-state index is 10.6. The zero-order chi connectivity index (χ0) is 32.5. The van der Waals surface area contributed by atoms with E-state index >= 15 is 0 Å². The molecule has 0 radical (unpaired) electrons. The molecule has 0 atom stereocenters. The molecule has 224 valence electrons. The van der Waals surface area contributed by atoms with Gasteiger partial charge in [-0.2, -0.15) is 10.5 Å². The van der Waals surface area contributed by atoms with Crippen LogP contribution in [0.2, 0.25) is 0 Å². The van der Waals surface area contributed by atoms with Gasteiger partial charge in [-0.05, 0) is 45.0 Å². The van der Waals surface area contributed by atoms with Crippen molar-refractivity contribution in [2.75, 3.05) is 0 Å². The molecule has 3 nitrogen and oxygen atoms in total. The highest BCUT2D eigenvalue weighted by atomic mass is 28.3. The van der Waals surface area contributed by atoms with Crippen LogP contribution in [-0.2, 0) is 0 Å². The number of aromatic nitrogens is 1. The van der Waals surface area contributed by atoms with Crippen molar-refractivity contribution in [1.82, 2.24) is 4.57 Å². The highest BCUT2D eigenvalue weighted by Crippen LogP contribution is 2.38. The number of para-hydroxylation sites is 3. The molecule has 0 bridgehead atoms. The minimum absolute atomic E-state index is 0.547. The maximum Gasteiger partial charge on any atom is 0.179 e. The van der Waals surface area contributed by atoms with Crippen LogP contribution < -0.4 is 20.7 Å². The topological polar surface area (TPSA) is 52.5 Å². The number of hydrogen-bond acceptors (Lipinski definition) is 2. The van der Waals surface area contributed by atoms with Crippen molar-refractivity contribution in [3.63, 3.8) is 0 Å². The Morgan fingerprint density at radius 3 is 1.38 bits per heavy atom. The molecule has 0 aliphatic carbocycles. The zero-order valence-corrected chi connectivity index (χ0v) is 27.1. The molecular formula is C44H29N3Si. The highest BCUT2D eigenvalue weighted by molar-refractivity contribution is 7.19. The lowest BCUT2D eigenvalue weighted by atomic mass is 9.96. The molecule has 0 aliphatic rings. The summed E-state index contributed by atoms with van der Waals surface area (Å²) in [5.74, 6) is 0. The summed E-state index contributed by atoms with van der Waals surface area (Å²) in [5, 5.41) is 28.3. The molecule has 0 amide bonds. The van der Waals surface area contributed by atoms with Crippen LogP contribution in [0.25, 0.3) is 38.6 Å². The van der Waals surface area contributed by atoms with E-state index < -0.39 is 8.07 Å². The van der Waals surface area contributed by atoms with Crippen molar-refractivity contribution in [3.8, 4) is 29.0 Å². The van der Waals surface area contributed by atoms with Crippen molar-refractivity contribution in [3.05, 3.63) is 187 Å². The van der Waals surface area contributed by atoms with Crippen LogP contribution >= 0.6 is 0 Å². The summed E-state index contributed by atoms with van der Waals surface area (Å²) in [6.45, 7) is 0. The molecule has 4 heteroatoms. The second kappa shape index (κ2) is 12.0. The van der Waals surface area contributed by atoms with Crippen LogP contribution in [0.1, 0.15) is 11.1 Å². The van der Waals surface area contributed by atoms with E-state index in [2.05, 4.69) is 162 Å². The first kappa shape index (κ1) is 29.0. The number of hydrogen-bond donors (Lipinski definition) is 0. The predicted molar refractivity (Wildman–Crippen MR) is 199 cm³/mol. The molecule has 1 aromatic heterocycles. The van der Waals surface area contributed by atoms with Crippen molar-refractivity contribution < 1.29 is 0 Å². The Hall–Kier alpha value is -6.46. The van der Waals surface area contributed by atoms with Crippen LogP contribution in [-0.4, -0.2) is 12.6 Å². The van der Waals surface area contributed by atoms with Gasteiger partial charge in [-0.1, -0.05) is 152 Å². The van der Waals surface area contributed by atoms with E-state index in [0.717, 1.165) is 43.8 Å². The fourth-order valence-electron chi connectivity index (χ4n) is 7.42. The smallest absolute Gasteiger partial charge is 0.179 e. The quantitative estimate of drug-likeness (QED) is 0.141. The Kier molecular flexibility index (Phi) is 7.27. The Morgan fingerprint density at radius 2 is 0.875 bits per heavy atom. The molecule has 8 aromatic rings. The number of nitrogens with zero attached hydrogens (tertiary/aromatic N) is 3. The summed E-state index contributed by atoms with van der Waals surface area (Å²) in [6, 6.07) is 66.1. The maximum absolute atomic E-state index is 10.6. The van der Waals surface area contributed by atoms with Gasteiger partial charge < -0.3 is 4.57 Å². The molecule has 48 heavy (non-hydrogen) atoms. The molecule has 8 rings (SSSR count). The Morgan fingerprint density at radius 1 is 0.396 bits per heavy atom. The molecule has 0 fully saturated rings. The Labute approximate surface area is 280 Å². The van der Waals surface area contributed by atoms with E-state index in [1.807, 2.05) is 30.3 Å². The van der Waals surface area contributed by atoms with Crippen molar-refractivity contribution in [1.29, 1.82) is 10.5 Å². The molecule has 0 saturated carbocycles. The Bertz CT molecular complexity index is 2370. The van der Waals surface area contributed by atoms with Crippen molar-refractivity contribution in [2.24, 2.45) is 0 Å². The van der Waals surface area contributed by atoms with E-state index in [4.69, 9.17) is 0 Å². The van der Waals surface area contributed by atoms with Gasteiger partial charge in [-0.25, -0.2) is 0 Å². The van der Waals surface area contributed by atoms with Crippen LogP contribution in [0.3, 0.4) is 0 Å². The minimum atomic E-state index is -2.87. The van der Waals surface area contributed by atoms with Crippen LogP contribution in [0.15, 0.2) is 176 Å². The van der Waals surface area contributed by atoms with Gasteiger partial charge in [0.25, 0.3) is 0 Å². The fourth-order valence-corrected chi connectivity index (χ4v) is 12.2. The largest absolute Gasteiger partial charge is 0.307 e. The van der Waals surface area contributed by atoms with Gasteiger partial charge >= 0.3 is 0 Å². The lowest BCUT2D eigenvalue weighted by Crippen LogP contribution is -2.74. The third-order valence-electron chi connectivity index (χ3n) is 9.44.